The summed E-state index contributed by atoms with van der Waals surface area (Å²) in [5, 5.41) is 20.9. The minimum absolute atomic E-state index is 0.0486. The summed E-state index contributed by atoms with van der Waals surface area (Å²) in [6.07, 6.45) is 0. The fraction of sp³-hybridized carbons (Fsp3) is 0.231. The van der Waals surface area contributed by atoms with E-state index in [1.54, 1.807) is 6.07 Å². The summed E-state index contributed by atoms with van der Waals surface area (Å²) in [6, 6.07) is 39.9. The zero-order chi connectivity index (χ0) is 29.4. The van der Waals surface area contributed by atoms with Gasteiger partial charge in [0.15, 0.2) is 0 Å². The van der Waals surface area contributed by atoms with Crippen LogP contribution in [-0.4, -0.2) is 10.2 Å². The minimum Gasteiger partial charge on any atom is -0.508 e. The van der Waals surface area contributed by atoms with Crippen molar-refractivity contribution in [3.8, 4) is 22.6 Å². The fourth-order valence-corrected chi connectivity index (χ4v) is 5.75. The highest BCUT2D eigenvalue weighted by molar-refractivity contribution is 5.64. The van der Waals surface area contributed by atoms with Gasteiger partial charge in [0.1, 0.15) is 11.5 Å². The highest BCUT2D eigenvalue weighted by Crippen LogP contribution is 2.40. The molecule has 0 saturated heterocycles. The molecule has 5 aromatic rings. The van der Waals surface area contributed by atoms with Crippen LogP contribution in [0.4, 0.5) is 0 Å². The zero-order valence-corrected chi connectivity index (χ0v) is 24.9. The van der Waals surface area contributed by atoms with E-state index in [1.165, 1.54) is 38.9 Å². The fourth-order valence-electron chi connectivity index (χ4n) is 5.75. The van der Waals surface area contributed by atoms with Gasteiger partial charge in [0, 0.05) is 22.3 Å². The number of hydrogen-bond acceptors (Lipinski definition) is 2. The highest BCUT2D eigenvalue weighted by atomic mass is 16.3. The van der Waals surface area contributed by atoms with E-state index >= 15 is 0 Å². The van der Waals surface area contributed by atoms with E-state index < -0.39 is 0 Å². The van der Waals surface area contributed by atoms with Crippen LogP contribution >= 0.6 is 0 Å². The van der Waals surface area contributed by atoms with Gasteiger partial charge >= 0.3 is 0 Å². The SMILES string of the molecule is Cc1cc(C(C)(C)c2ccc(C(C)(C)c3ccc(O)c(C(C)c4ccc(-c5ccccc5)cc4)c3)cc2)ccc1O. The summed E-state index contributed by atoms with van der Waals surface area (Å²) in [7, 11) is 0. The van der Waals surface area contributed by atoms with Crippen molar-refractivity contribution >= 4 is 0 Å². The molecule has 0 aliphatic rings. The molecule has 2 nitrogen and oxygen atoms in total. The average Bonchev–Trinajstić information content (AvgIpc) is 2.99. The smallest absolute Gasteiger partial charge is 0.119 e. The molecule has 2 N–H and O–H groups in total. The lowest BCUT2D eigenvalue weighted by atomic mass is 9.74. The normalized spacial score (nSPS) is 12.7. The number of benzene rings is 5. The van der Waals surface area contributed by atoms with E-state index in [4.69, 9.17) is 0 Å². The molecule has 41 heavy (non-hydrogen) atoms. The van der Waals surface area contributed by atoms with Gasteiger partial charge < -0.3 is 10.2 Å². The van der Waals surface area contributed by atoms with Crippen molar-refractivity contribution in [2.45, 2.75) is 58.3 Å². The van der Waals surface area contributed by atoms with Crippen LogP contribution in [0.1, 0.15) is 79.5 Å². The Morgan fingerprint density at radius 2 is 0.976 bits per heavy atom. The average molecular weight is 541 g/mol. The van der Waals surface area contributed by atoms with E-state index in [2.05, 4.69) is 120 Å². The van der Waals surface area contributed by atoms with Gasteiger partial charge in [-0.05, 0) is 63.6 Å². The number of aryl methyl sites for hydroxylation is 1. The third kappa shape index (κ3) is 5.52. The molecule has 0 aliphatic carbocycles. The molecule has 0 radical (unpaired) electrons. The Hall–Kier alpha value is -4.30. The number of hydrogen-bond donors (Lipinski definition) is 2. The van der Waals surface area contributed by atoms with Gasteiger partial charge in [0.05, 0.1) is 0 Å². The predicted molar refractivity (Wildman–Crippen MR) is 171 cm³/mol. The van der Waals surface area contributed by atoms with E-state index in [-0.39, 0.29) is 16.7 Å². The van der Waals surface area contributed by atoms with Crippen LogP contribution in [0.25, 0.3) is 11.1 Å². The molecule has 1 unspecified atom stereocenters. The first-order chi connectivity index (χ1) is 19.5. The maximum absolute atomic E-state index is 10.9. The summed E-state index contributed by atoms with van der Waals surface area (Å²) in [6.45, 7) is 13.0. The topological polar surface area (TPSA) is 40.5 Å². The molecule has 5 aromatic carbocycles. The van der Waals surface area contributed by atoms with Gasteiger partial charge in [0.2, 0.25) is 0 Å². The molecule has 0 amide bonds. The zero-order valence-electron chi connectivity index (χ0n) is 24.9. The van der Waals surface area contributed by atoms with Gasteiger partial charge in [-0.15, -0.1) is 0 Å². The van der Waals surface area contributed by atoms with Gasteiger partial charge in [-0.2, -0.15) is 0 Å². The Bertz CT molecular complexity index is 1640. The molecule has 0 saturated carbocycles. The third-order valence-electron chi connectivity index (χ3n) is 8.98. The van der Waals surface area contributed by atoms with E-state index in [0.717, 1.165) is 11.1 Å². The third-order valence-corrected chi connectivity index (χ3v) is 8.98. The van der Waals surface area contributed by atoms with Crippen LogP contribution in [0.15, 0.2) is 115 Å². The lowest BCUT2D eigenvalue weighted by molar-refractivity contribution is 0.465. The number of aromatic hydroxyl groups is 2. The van der Waals surface area contributed by atoms with Crippen molar-refractivity contribution in [1.29, 1.82) is 0 Å². The maximum Gasteiger partial charge on any atom is 0.119 e. The number of rotatable bonds is 7. The molecular weight excluding hydrogens is 500 g/mol. The lowest BCUT2D eigenvalue weighted by Gasteiger charge is -2.30. The Kier molecular flexibility index (Phi) is 7.53. The van der Waals surface area contributed by atoms with Crippen LogP contribution in [0, 0.1) is 6.92 Å². The maximum atomic E-state index is 10.9. The van der Waals surface area contributed by atoms with Crippen molar-refractivity contribution in [3.63, 3.8) is 0 Å². The second-order valence-electron chi connectivity index (χ2n) is 12.3. The first-order valence-electron chi connectivity index (χ1n) is 14.4. The molecule has 2 heteroatoms. The summed E-state index contributed by atoms with van der Waals surface area (Å²) in [5.74, 6) is 0.700. The second-order valence-corrected chi connectivity index (χ2v) is 12.3. The van der Waals surface area contributed by atoms with Gasteiger partial charge in [-0.1, -0.05) is 138 Å². The summed E-state index contributed by atoms with van der Waals surface area (Å²) in [4.78, 5) is 0. The number of phenolic OH excluding ortho intramolecular Hbond substituents is 2. The monoisotopic (exact) mass is 540 g/mol. The Morgan fingerprint density at radius 1 is 0.512 bits per heavy atom. The second kappa shape index (κ2) is 10.9. The molecule has 0 spiro atoms. The van der Waals surface area contributed by atoms with Crippen molar-refractivity contribution < 1.29 is 10.2 Å². The molecule has 208 valence electrons. The molecule has 0 heterocycles. The Morgan fingerprint density at radius 3 is 1.51 bits per heavy atom. The molecule has 0 aromatic heterocycles. The molecule has 0 bridgehead atoms. The lowest BCUT2D eigenvalue weighted by Crippen LogP contribution is -2.22. The Balaban J connectivity index is 1.41. The molecule has 5 rings (SSSR count). The first kappa shape index (κ1) is 28.2. The quantitative estimate of drug-likeness (QED) is 0.216. The largest absolute Gasteiger partial charge is 0.508 e. The molecule has 0 fully saturated rings. The van der Waals surface area contributed by atoms with Crippen molar-refractivity contribution in [3.05, 3.63) is 154 Å². The Labute approximate surface area is 245 Å². The van der Waals surface area contributed by atoms with E-state index in [0.29, 0.717) is 11.5 Å². The predicted octanol–water partition coefficient (Wildman–Crippen LogP) is 9.88. The standard InChI is InChI=1S/C39H40O2/c1-26-24-33(20-22-36(26)40)38(3,4)31-16-18-32(19-17-31)39(5,6)34-21-23-37(41)35(25-34)27(2)28-12-14-30(15-13-28)29-10-8-7-9-11-29/h7-25,27,40-41H,1-6H3. The van der Waals surface area contributed by atoms with Crippen molar-refractivity contribution in [2.75, 3.05) is 0 Å². The van der Waals surface area contributed by atoms with Gasteiger partial charge in [-0.25, -0.2) is 0 Å². The van der Waals surface area contributed by atoms with E-state index in [9.17, 15) is 10.2 Å². The van der Waals surface area contributed by atoms with E-state index in [1.807, 2.05) is 31.2 Å². The summed E-state index contributed by atoms with van der Waals surface area (Å²) >= 11 is 0. The summed E-state index contributed by atoms with van der Waals surface area (Å²) < 4.78 is 0. The minimum atomic E-state index is -0.253. The van der Waals surface area contributed by atoms with Crippen LogP contribution in [0.2, 0.25) is 0 Å². The van der Waals surface area contributed by atoms with Crippen LogP contribution in [0.3, 0.4) is 0 Å². The molecule has 1 atom stereocenters. The van der Waals surface area contributed by atoms with Gasteiger partial charge in [0.25, 0.3) is 0 Å². The number of phenols is 2. The summed E-state index contributed by atoms with van der Waals surface area (Å²) in [5.41, 5.74) is 9.71. The van der Waals surface area contributed by atoms with Gasteiger partial charge in [-0.3, -0.25) is 0 Å². The van der Waals surface area contributed by atoms with Crippen molar-refractivity contribution in [1.82, 2.24) is 0 Å². The first-order valence-corrected chi connectivity index (χ1v) is 14.4. The highest BCUT2D eigenvalue weighted by Gasteiger charge is 2.28. The molecule has 0 aliphatic heterocycles. The van der Waals surface area contributed by atoms with Crippen molar-refractivity contribution in [2.24, 2.45) is 0 Å². The molecular formula is C39H40O2. The van der Waals surface area contributed by atoms with Crippen LogP contribution in [-0.2, 0) is 10.8 Å². The van der Waals surface area contributed by atoms with Crippen LogP contribution < -0.4 is 0 Å². The van der Waals surface area contributed by atoms with Crippen LogP contribution in [0.5, 0.6) is 11.5 Å².